The molecule has 2 aromatic rings. The van der Waals surface area contributed by atoms with Crippen LogP contribution in [0.25, 0.3) is 11.1 Å². The third-order valence-electron chi connectivity index (χ3n) is 4.83. The Hall–Kier alpha value is -1.74. The lowest BCUT2D eigenvalue weighted by Gasteiger charge is -2.36. The molecule has 1 amide bonds. The number of hydrogen-bond acceptors (Lipinski definition) is 4. The first kappa shape index (κ1) is 20.0. The largest absolute Gasteiger partial charge is 0.335 e. The van der Waals surface area contributed by atoms with Crippen LogP contribution in [0.4, 0.5) is 0 Å². The van der Waals surface area contributed by atoms with Gasteiger partial charge in [-0.3, -0.25) is 4.79 Å². The highest BCUT2D eigenvalue weighted by atomic mass is 32.2. The van der Waals surface area contributed by atoms with Crippen molar-refractivity contribution in [2.75, 3.05) is 39.3 Å². The molecule has 1 aromatic heterocycles. The van der Waals surface area contributed by atoms with Gasteiger partial charge >= 0.3 is 0 Å². The second-order valence-corrected chi connectivity index (χ2v) is 9.16. The molecular formula is C19H25N3O3S2. The van der Waals surface area contributed by atoms with Crippen molar-refractivity contribution in [1.29, 1.82) is 0 Å². The van der Waals surface area contributed by atoms with Gasteiger partial charge in [0.25, 0.3) is 16.1 Å². The van der Waals surface area contributed by atoms with E-state index in [1.165, 1.54) is 19.9 Å². The maximum atomic E-state index is 13.0. The van der Waals surface area contributed by atoms with Crippen LogP contribution < -0.4 is 0 Å². The third-order valence-corrected chi connectivity index (χ3v) is 7.92. The van der Waals surface area contributed by atoms with E-state index < -0.39 is 10.2 Å². The summed E-state index contributed by atoms with van der Waals surface area (Å²) in [5.41, 5.74) is 1.95. The number of benzene rings is 1. The first-order valence-corrected chi connectivity index (χ1v) is 11.4. The Morgan fingerprint density at radius 1 is 1.04 bits per heavy atom. The summed E-state index contributed by atoms with van der Waals surface area (Å²) < 4.78 is 28.2. The van der Waals surface area contributed by atoms with Crippen LogP contribution in [0, 0.1) is 0 Å². The van der Waals surface area contributed by atoms with Crippen LogP contribution in [0.1, 0.15) is 23.5 Å². The second-order valence-electron chi connectivity index (χ2n) is 6.31. The van der Waals surface area contributed by atoms with Crippen LogP contribution in [-0.2, 0) is 10.2 Å². The highest BCUT2D eigenvalue weighted by Gasteiger charge is 2.33. The van der Waals surface area contributed by atoms with Gasteiger partial charge in [-0.15, -0.1) is 11.3 Å². The van der Waals surface area contributed by atoms with Crippen molar-refractivity contribution in [2.45, 2.75) is 13.8 Å². The lowest BCUT2D eigenvalue weighted by atomic mass is 10.1. The summed E-state index contributed by atoms with van der Waals surface area (Å²) in [7, 11) is -3.45. The van der Waals surface area contributed by atoms with Crippen LogP contribution in [0.2, 0.25) is 0 Å². The van der Waals surface area contributed by atoms with Gasteiger partial charge in [0.05, 0.1) is 4.88 Å². The molecule has 1 aliphatic heterocycles. The summed E-state index contributed by atoms with van der Waals surface area (Å²) in [6.07, 6.45) is 0. The molecule has 0 atom stereocenters. The van der Waals surface area contributed by atoms with Gasteiger partial charge in [-0.05, 0) is 17.0 Å². The van der Waals surface area contributed by atoms with E-state index in [0.717, 1.165) is 11.1 Å². The lowest BCUT2D eigenvalue weighted by Crippen LogP contribution is -2.54. The van der Waals surface area contributed by atoms with Crippen LogP contribution in [0.3, 0.4) is 0 Å². The van der Waals surface area contributed by atoms with Crippen LogP contribution >= 0.6 is 11.3 Å². The van der Waals surface area contributed by atoms with E-state index in [4.69, 9.17) is 0 Å². The highest BCUT2D eigenvalue weighted by molar-refractivity contribution is 7.86. The molecule has 6 nitrogen and oxygen atoms in total. The monoisotopic (exact) mass is 407 g/mol. The number of hydrogen-bond donors (Lipinski definition) is 0. The summed E-state index contributed by atoms with van der Waals surface area (Å²) in [5.74, 6) is -0.0243. The van der Waals surface area contributed by atoms with E-state index in [1.54, 1.807) is 4.90 Å². The molecule has 1 aliphatic rings. The average molecular weight is 408 g/mol. The fourth-order valence-electron chi connectivity index (χ4n) is 3.30. The minimum absolute atomic E-state index is 0.0243. The van der Waals surface area contributed by atoms with Crippen molar-refractivity contribution in [3.8, 4) is 11.1 Å². The molecule has 2 heterocycles. The molecule has 146 valence electrons. The summed E-state index contributed by atoms with van der Waals surface area (Å²) in [5, 5.41) is 1.93. The molecule has 0 bridgehead atoms. The van der Waals surface area contributed by atoms with Gasteiger partial charge in [0.1, 0.15) is 0 Å². The minimum Gasteiger partial charge on any atom is -0.335 e. The van der Waals surface area contributed by atoms with Crippen molar-refractivity contribution in [3.63, 3.8) is 0 Å². The molecule has 27 heavy (non-hydrogen) atoms. The molecule has 1 aromatic carbocycles. The number of rotatable bonds is 6. The molecule has 0 spiro atoms. The van der Waals surface area contributed by atoms with Crippen molar-refractivity contribution < 1.29 is 13.2 Å². The van der Waals surface area contributed by atoms with Gasteiger partial charge in [-0.2, -0.15) is 17.0 Å². The van der Waals surface area contributed by atoms with E-state index in [9.17, 15) is 13.2 Å². The molecule has 3 rings (SSSR count). The molecular weight excluding hydrogens is 382 g/mol. The Morgan fingerprint density at radius 2 is 1.67 bits per heavy atom. The molecule has 0 aliphatic carbocycles. The number of carbonyl (C=O) groups excluding carboxylic acids is 1. The van der Waals surface area contributed by atoms with Gasteiger partial charge in [0.15, 0.2) is 0 Å². The normalized spacial score (nSPS) is 16.0. The molecule has 1 saturated heterocycles. The van der Waals surface area contributed by atoms with Crippen molar-refractivity contribution >= 4 is 27.5 Å². The molecule has 0 radical (unpaired) electrons. The minimum atomic E-state index is -3.45. The van der Waals surface area contributed by atoms with E-state index in [2.05, 4.69) is 0 Å². The first-order valence-electron chi connectivity index (χ1n) is 9.16. The van der Waals surface area contributed by atoms with Crippen LogP contribution in [0.15, 0.2) is 41.8 Å². The van der Waals surface area contributed by atoms with E-state index in [0.29, 0.717) is 44.1 Å². The summed E-state index contributed by atoms with van der Waals surface area (Å²) in [4.78, 5) is 15.5. The second kappa shape index (κ2) is 8.52. The van der Waals surface area contributed by atoms with Crippen molar-refractivity contribution in [1.82, 2.24) is 13.5 Å². The van der Waals surface area contributed by atoms with Crippen molar-refractivity contribution in [2.24, 2.45) is 0 Å². The zero-order valence-electron chi connectivity index (χ0n) is 15.7. The van der Waals surface area contributed by atoms with Gasteiger partial charge in [0, 0.05) is 44.8 Å². The quantitative estimate of drug-likeness (QED) is 0.740. The number of thiophene rings is 1. The topological polar surface area (TPSA) is 60.9 Å². The molecule has 0 N–H and O–H groups in total. The predicted molar refractivity (Wildman–Crippen MR) is 109 cm³/mol. The summed E-state index contributed by atoms with van der Waals surface area (Å²) in [6, 6.07) is 11.8. The maximum absolute atomic E-state index is 13.0. The number of nitrogens with zero attached hydrogens (tertiary/aromatic N) is 3. The van der Waals surface area contributed by atoms with Crippen LogP contribution in [0.5, 0.6) is 0 Å². The number of carbonyl (C=O) groups is 1. The van der Waals surface area contributed by atoms with E-state index in [1.807, 2.05) is 55.6 Å². The summed E-state index contributed by atoms with van der Waals surface area (Å²) in [6.45, 7) is 6.05. The van der Waals surface area contributed by atoms with E-state index >= 15 is 0 Å². The van der Waals surface area contributed by atoms with Crippen molar-refractivity contribution in [3.05, 3.63) is 46.7 Å². The predicted octanol–water partition coefficient (Wildman–Crippen LogP) is 2.76. The standard InChI is InChI=1S/C19H25N3O3S2/c1-3-21(4-2)27(24,25)22-13-11-20(12-14-22)19(23)18-17(10-15-26-18)16-8-6-5-7-9-16/h5-10,15H,3-4,11-14H2,1-2H3. The van der Waals surface area contributed by atoms with E-state index in [-0.39, 0.29) is 5.91 Å². The van der Waals surface area contributed by atoms with Gasteiger partial charge < -0.3 is 4.90 Å². The van der Waals surface area contributed by atoms with Gasteiger partial charge in [-0.1, -0.05) is 44.2 Å². The molecule has 0 unspecified atom stereocenters. The molecule has 1 fully saturated rings. The molecule has 8 heteroatoms. The zero-order valence-corrected chi connectivity index (χ0v) is 17.3. The Balaban J connectivity index is 1.71. The average Bonchev–Trinajstić information content (AvgIpc) is 3.19. The van der Waals surface area contributed by atoms with Crippen LogP contribution in [-0.4, -0.2) is 67.1 Å². The number of amides is 1. The zero-order chi connectivity index (χ0) is 19.4. The summed E-state index contributed by atoms with van der Waals surface area (Å²) >= 11 is 1.43. The number of piperazine rings is 1. The fourth-order valence-corrected chi connectivity index (χ4v) is 5.79. The Labute approximate surface area is 165 Å². The molecule has 0 saturated carbocycles. The lowest BCUT2D eigenvalue weighted by molar-refractivity contribution is 0.0700. The fraction of sp³-hybridized carbons (Fsp3) is 0.421. The smallest absolute Gasteiger partial charge is 0.282 e. The first-order chi connectivity index (χ1) is 13.0. The maximum Gasteiger partial charge on any atom is 0.282 e. The van der Waals surface area contributed by atoms with Gasteiger partial charge in [-0.25, -0.2) is 0 Å². The highest BCUT2D eigenvalue weighted by Crippen LogP contribution is 2.29. The Kier molecular flexibility index (Phi) is 6.31. The third kappa shape index (κ3) is 4.08. The Bertz CT molecular complexity index is 869. The Morgan fingerprint density at radius 3 is 2.26 bits per heavy atom. The van der Waals surface area contributed by atoms with Gasteiger partial charge in [0.2, 0.25) is 0 Å². The SMILES string of the molecule is CCN(CC)S(=O)(=O)N1CCN(C(=O)c2sccc2-c2ccccc2)CC1.